The maximum atomic E-state index is 2.47. The molecular weight excluding hydrogens is 603 g/mol. The Morgan fingerprint density at radius 2 is 0.860 bits per heavy atom. The van der Waals surface area contributed by atoms with Gasteiger partial charge in [-0.15, -0.1) is 0 Å². The van der Waals surface area contributed by atoms with Gasteiger partial charge in [0.15, 0.2) is 0 Å². The molecule has 0 amide bonds. The molecule has 0 saturated carbocycles. The van der Waals surface area contributed by atoms with Crippen LogP contribution in [0.5, 0.6) is 0 Å². The Morgan fingerprint density at radius 1 is 0.400 bits per heavy atom. The molecule has 7 aromatic carbocycles. The van der Waals surface area contributed by atoms with Crippen molar-refractivity contribution in [1.82, 2.24) is 0 Å². The summed E-state index contributed by atoms with van der Waals surface area (Å²) < 4.78 is 0. The third kappa shape index (κ3) is 5.63. The first kappa shape index (κ1) is 31.6. The number of benzene rings is 7. The van der Waals surface area contributed by atoms with E-state index in [1.807, 2.05) is 0 Å². The first-order valence-corrected chi connectivity index (χ1v) is 17.7. The van der Waals surface area contributed by atoms with Crippen LogP contribution >= 0.6 is 0 Å². The van der Waals surface area contributed by atoms with Crippen LogP contribution in [0.1, 0.15) is 51.3 Å². The summed E-state index contributed by atoms with van der Waals surface area (Å²) in [5, 5.41) is 0. The van der Waals surface area contributed by atoms with Crippen molar-refractivity contribution in [3.8, 4) is 44.5 Å². The molecule has 0 fully saturated rings. The van der Waals surface area contributed by atoms with Crippen LogP contribution in [0.25, 0.3) is 44.5 Å². The highest BCUT2D eigenvalue weighted by molar-refractivity contribution is 5.95. The summed E-state index contributed by atoms with van der Waals surface area (Å²) in [6.07, 6.45) is 0. The fraction of sp³-hybridized carbons (Fsp3) is 0.143. The van der Waals surface area contributed by atoms with Crippen LogP contribution < -0.4 is 4.90 Å². The summed E-state index contributed by atoms with van der Waals surface area (Å²) in [6.45, 7) is 11.6. The van der Waals surface area contributed by atoms with Gasteiger partial charge in [-0.05, 0) is 97.4 Å². The number of hydrogen-bond donors (Lipinski definition) is 0. The summed E-state index contributed by atoms with van der Waals surface area (Å²) in [5.41, 5.74) is 17.4. The lowest BCUT2D eigenvalue weighted by atomic mass is 9.81. The van der Waals surface area contributed by atoms with E-state index in [4.69, 9.17) is 0 Å². The molecule has 244 valence electrons. The average Bonchev–Trinajstić information content (AvgIpc) is 3.37. The third-order valence-electron chi connectivity index (χ3n) is 10.5. The molecule has 50 heavy (non-hydrogen) atoms. The van der Waals surface area contributed by atoms with E-state index in [9.17, 15) is 0 Å². The molecule has 0 heterocycles. The Balaban J connectivity index is 1.35. The molecule has 1 aliphatic rings. The van der Waals surface area contributed by atoms with Crippen LogP contribution in [0, 0.1) is 0 Å². The van der Waals surface area contributed by atoms with Gasteiger partial charge < -0.3 is 4.90 Å². The molecular formula is C49H43N. The van der Waals surface area contributed by atoms with Gasteiger partial charge in [0.25, 0.3) is 0 Å². The highest BCUT2D eigenvalue weighted by Crippen LogP contribution is 2.53. The van der Waals surface area contributed by atoms with E-state index in [1.165, 1.54) is 66.9 Å². The molecule has 0 atom stereocenters. The first-order chi connectivity index (χ1) is 24.2. The molecule has 1 nitrogen and oxygen atoms in total. The minimum atomic E-state index is -0.130. The molecule has 0 radical (unpaired) electrons. The second-order valence-corrected chi connectivity index (χ2v) is 15.1. The van der Waals surface area contributed by atoms with E-state index >= 15 is 0 Å². The highest BCUT2D eigenvalue weighted by Gasteiger charge is 2.37. The van der Waals surface area contributed by atoms with Crippen LogP contribution in [0.15, 0.2) is 170 Å². The van der Waals surface area contributed by atoms with E-state index in [-0.39, 0.29) is 10.8 Å². The minimum Gasteiger partial charge on any atom is -0.310 e. The first-order valence-electron chi connectivity index (χ1n) is 17.7. The summed E-state index contributed by atoms with van der Waals surface area (Å²) in [5.74, 6) is 0. The van der Waals surface area contributed by atoms with Gasteiger partial charge in [-0.2, -0.15) is 0 Å². The predicted octanol–water partition coefficient (Wildman–Crippen LogP) is 13.8. The zero-order chi connectivity index (χ0) is 34.5. The van der Waals surface area contributed by atoms with Gasteiger partial charge in [0, 0.05) is 22.4 Å². The second-order valence-electron chi connectivity index (χ2n) is 15.1. The van der Waals surface area contributed by atoms with E-state index < -0.39 is 0 Å². The van der Waals surface area contributed by atoms with Gasteiger partial charge in [0.05, 0.1) is 5.69 Å². The molecule has 0 bridgehead atoms. The summed E-state index contributed by atoms with van der Waals surface area (Å²) in [6, 6.07) is 62.4. The second kappa shape index (κ2) is 12.3. The van der Waals surface area contributed by atoms with Crippen LogP contribution in [0.2, 0.25) is 0 Å². The normalized spacial score (nSPS) is 13.1. The summed E-state index contributed by atoms with van der Waals surface area (Å²) in [7, 11) is 0. The smallest absolute Gasteiger partial charge is 0.0543 e. The van der Waals surface area contributed by atoms with Crippen LogP contribution in [-0.4, -0.2) is 0 Å². The Morgan fingerprint density at radius 3 is 1.42 bits per heavy atom. The van der Waals surface area contributed by atoms with Crippen molar-refractivity contribution in [3.05, 3.63) is 187 Å². The minimum absolute atomic E-state index is 0.0652. The standard InChI is InChI=1S/C49H43N/c1-48(2,3)39-26-30-41(31-27-39)50(40-28-24-37(25-29-40)35-16-10-7-11-17-35)47-33-46-44(42-18-12-13-19-45(42)49(46,4)5)32-43(47)38-22-20-36(21-23-38)34-14-8-6-9-15-34/h6-33H,1-5H3. The fourth-order valence-corrected chi connectivity index (χ4v) is 7.60. The molecule has 1 heteroatoms. The monoisotopic (exact) mass is 645 g/mol. The van der Waals surface area contributed by atoms with Gasteiger partial charge in [0.2, 0.25) is 0 Å². The molecule has 7 aromatic rings. The molecule has 0 spiro atoms. The maximum Gasteiger partial charge on any atom is 0.0543 e. The van der Waals surface area contributed by atoms with Crippen LogP contribution in [0.3, 0.4) is 0 Å². The summed E-state index contributed by atoms with van der Waals surface area (Å²) in [4.78, 5) is 2.46. The molecule has 0 aliphatic heterocycles. The maximum absolute atomic E-state index is 2.47. The van der Waals surface area contributed by atoms with Crippen LogP contribution in [0.4, 0.5) is 17.1 Å². The summed E-state index contributed by atoms with van der Waals surface area (Å²) >= 11 is 0. The third-order valence-corrected chi connectivity index (χ3v) is 10.5. The highest BCUT2D eigenvalue weighted by atomic mass is 15.1. The van der Waals surface area contributed by atoms with Crippen molar-refractivity contribution in [2.45, 2.75) is 45.4 Å². The number of hydrogen-bond acceptors (Lipinski definition) is 1. The Kier molecular flexibility index (Phi) is 7.80. The Hall–Kier alpha value is -5.66. The van der Waals surface area contributed by atoms with E-state index in [0.29, 0.717) is 0 Å². The number of rotatable bonds is 6. The van der Waals surface area contributed by atoms with Crippen molar-refractivity contribution < 1.29 is 0 Å². The molecule has 0 aromatic heterocycles. The zero-order valence-electron chi connectivity index (χ0n) is 29.6. The Labute approximate surface area is 297 Å². The molecule has 0 unspecified atom stereocenters. The van der Waals surface area contributed by atoms with Gasteiger partial charge in [0.1, 0.15) is 0 Å². The van der Waals surface area contributed by atoms with Crippen molar-refractivity contribution in [3.63, 3.8) is 0 Å². The van der Waals surface area contributed by atoms with Gasteiger partial charge in [-0.25, -0.2) is 0 Å². The van der Waals surface area contributed by atoms with Crippen molar-refractivity contribution in [2.75, 3.05) is 4.90 Å². The van der Waals surface area contributed by atoms with Crippen molar-refractivity contribution >= 4 is 17.1 Å². The van der Waals surface area contributed by atoms with Crippen molar-refractivity contribution in [2.24, 2.45) is 0 Å². The van der Waals surface area contributed by atoms with Crippen molar-refractivity contribution in [1.29, 1.82) is 0 Å². The van der Waals surface area contributed by atoms with E-state index in [0.717, 1.165) is 11.4 Å². The number of fused-ring (bicyclic) bond motifs is 3. The van der Waals surface area contributed by atoms with Gasteiger partial charge >= 0.3 is 0 Å². The van der Waals surface area contributed by atoms with E-state index in [1.54, 1.807) is 0 Å². The van der Waals surface area contributed by atoms with Gasteiger partial charge in [-0.1, -0.05) is 168 Å². The SMILES string of the molecule is CC(C)(C)c1ccc(N(c2ccc(-c3ccccc3)cc2)c2cc3c(cc2-c2ccc(-c4ccccc4)cc2)-c2ccccc2C3(C)C)cc1. The topological polar surface area (TPSA) is 3.24 Å². The van der Waals surface area contributed by atoms with Gasteiger partial charge in [-0.3, -0.25) is 0 Å². The molecule has 0 N–H and O–H groups in total. The predicted molar refractivity (Wildman–Crippen MR) is 214 cm³/mol. The molecule has 8 rings (SSSR count). The molecule has 0 saturated heterocycles. The lowest BCUT2D eigenvalue weighted by Crippen LogP contribution is -2.17. The quantitative estimate of drug-likeness (QED) is 0.174. The fourth-order valence-electron chi connectivity index (χ4n) is 7.60. The zero-order valence-corrected chi connectivity index (χ0v) is 29.6. The number of nitrogens with zero attached hydrogens (tertiary/aromatic N) is 1. The number of anilines is 3. The largest absolute Gasteiger partial charge is 0.310 e. The Bertz CT molecular complexity index is 2270. The average molecular weight is 646 g/mol. The van der Waals surface area contributed by atoms with Crippen LogP contribution in [-0.2, 0) is 10.8 Å². The molecule has 1 aliphatic carbocycles. The van der Waals surface area contributed by atoms with E-state index in [2.05, 4.69) is 209 Å². The lowest BCUT2D eigenvalue weighted by Gasteiger charge is -2.31. The lowest BCUT2D eigenvalue weighted by molar-refractivity contribution is 0.590.